The summed E-state index contributed by atoms with van der Waals surface area (Å²) in [6.45, 7) is -1.63. The first-order chi connectivity index (χ1) is 11.1. The second-order valence-corrected chi connectivity index (χ2v) is 9.24. The van der Waals surface area contributed by atoms with Crippen LogP contribution in [0.25, 0.3) is 0 Å². The van der Waals surface area contributed by atoms with Crippen molar-refractivity contribution in [2.75, 3.05) is 40.8 Å². The molecule has 0 fully saturated rings. The zero-order valence-electron chi connectivity index (χ0n) is 14.6. The molecule has 1 unspecified atom stereocenters. The summed E-state index contributed by atoms with van der Waals surface area (Å²) >= 11 is 2.11. The highest BCUT2D eigenvalue weighted by molar-refractivity contribution is 8.55. The van der Waals surface area contributed by atoms with Crippen LogP contribution in [-0.2, 0) is 23.5 Å². The fourth-order valence-corrected chi connectivity index (χ4v) is 3.14. The molecule has 1 atom stereocenters. The first-order valence-electron chi connectivity index (χ1n) is 6.29. The minimum absolute atomic E-state index is 0.124. The van der Waals surface area contributed by atoms with E-state index in [1.54, 1.807) is 26.6 Å². The van der Waals surface area contributed by atoms with Gasteiger partial charge in [-0.3, -0.25) is 24.1 Å². The predicted molar refractivity (Wildman–Crippen MR) is 97.1 cm³/mol. The smallest absolute Gasteiger partial charge is 0.343 e. The minimum Gasteiger partial charge on any atom is -0.343 e. The molecule has 0 radical (unpaired) electrons. The maximum absolute atomic E-state index is 11.3. The molecule has 0 aliphatic heterocycles. The van der Waals surface area contributed by atoms with Crippen LogP contribution in [0.15, 0.2) is 5.16 Å². The van der Waals surface area contributed by atoms with Gasteiger partial charge in [-0.1, -0.05) is 16.5 Å². The number of hydrogen-bond donors (Lipinski definition) is 2. The number of nitrogens with one attached hydrogen (secondary N) is 2. The number of carbonyl (C=O) groups is 3. The van der Waals surface area contributed by atoms with Crippen molar-refractivity contribution in [3.63, 3.8) is 0 Å². The van der Waals surface area contributed by atoms with Gasteiger partial charge in [-0.05, 0) is 12.5 Å². The summed E-state index contributed by atoms with van der Waals surface area (Å²) in [5.74, 6) is -0.652. The summed E-state index contributed by atoms with van der Waals surface area (Å²) in [5.41, 5.74) is 0. The van der Waals surface area contributed by atoms with Gasteiger partial charge in [0.1, 0.15) is 0 Å². The Morgan fingerprint density at radius 1 is 1.21 bits per heavy atom. The maximum Gasteiger partial charge on any atom is 0.433 e. The van der Waals surface area contributed by atoms with Crippen molar-refractivity contribution in [1.82, 2.24) is 15.3 Å². The predicted octanol–water partition coefficient (Wildman–Crippen LogP) is 1.35. The van der Waals surface area contributed by atoms with Crippen LogP contribution in [-0.4, -0.2) is 68.6 Å². The fraction of sp³-hybridized carbons (Fsp3) is 0.636. The van der Waals surface area contributed by atoms with Crippen LogP contribution in [0.4, 0.5) is 4.79 Å². The molecular formula is C11H23N4O6PS2. The number of amides is 3. The van der Waals surface area contributed by atoms with Crippen LogP contribution in [0, 0.1) is 0 Å². The molecule has 0 aromatic heterocycles. The lowest BCUT2D eigenvalue weighted by atomic mass is 10.6. The molecule has 0 rings (SSSR count). The van der Waals surface area contributed by atoms with Gasteiger partial charge in [0, 0.05) is 35.2 Å². The summed E-state index contributed by atoms with van der Waals surface area (Å²) in [5, 5.41) is 7.96. The molecule has 0 saturated carbocycles. The van der Waals surface area contributed by atoms with Crippen LogP contribution in [0.2, 0.25) is 0 Å². The molecule has 0 aromatic rings. The van der Waals surface area contributed by atoms with Crippen LogP contribution < -0.4 is 10.4 Å². The standard InChI is InChI=1S/C7H13N3O3S.C4H10NO3PS/c1-8-7(12)13-9-5(14-4)6(11)10(2)3;1-4(6)5-9(7,8-2)10-3/h1-4H3,(H,8,12);1-3H3,(H,5,6,7). The molecular weight excluding hydrogens is 379 g/mol. The van der Waals surface area contributed by atoms with Crippen molar-refractivity contribution in [2.45, 2.75) is 6.92 Å². The number of oxime groups is 1. The van der Waals surface area contributed by atoms with Crippen molar-refractivity contribution in [3.8, 4) is 0 Å². The van der Waals surface area contributed by atoms with E-state index in [4.69, 9.17) is 0 Å². The Hall–Kier alpha value is -1.23. The van der Waals surface area contributed by atoms with E-state index in [1.807, 2.05) is 0 Å². The second-order valence-electron chi connectivity index (χ2n) is 3.96. The Bertz CT molecular complexity index is 507. The summed E-state index contributed by atoms with van der Waals surface area (Å²) in [4.78, 5) is 38.1. The largest absolute Gasteiger partial charge is 0.433 e. The van der Waals surface area contributed by atoms with Gasteiger partial charge in [-0.25, -0.2) is 4.79 Å². The number of thioether (sulfide) groups is 1. The first-order valence-corrected chi connectivity index (χ1v) is 11.0. The summed E-state index contributed by atoms with van der Waals surface area (Å²) < 4.78 is 15.8. The topological polar surface area (TPSA) is 126 Å². The van der Waals surface area contributed by atoms with Crippen LogP contribution in [0.3, 0.4) is 0 Å². The molecule has 140 valence electrons. The molecule has 10 nitrogen and oxygen atoms in total. The summed E-state index contributed by atoms with van der Waals surface area (Å²) in [7, 11) is 5.89. The van der Waals surface area contributed by atoms with E-state index in [9.17, 15) is 18.9 Å². The lowest BCUT2D eigenvalue weighted by Gasteiger charge is -2.11. The van der Waals surface area contributed by atoms with Crippen molar-refractivity contribution in [1.29, 1.82) is 0 Å². The fourth-order valence-electron chi connectivity index (χ4n) is 0.842. The van der Waals surface area contributed by atoms with Gasteiger partial charge < -0.3 is 14.7 Å². The number of carbonyl (C=O) groups excluding carboxylic acids is 3. The quantitative estimate of drug-likeness (QED) is 0.237. The third kappa shape index (κ3) is 11.3. The van der Waals surface area contributed by atoms with Gasteiger partial charge in [-0.2, -0.15) is 0 Å². The molecule has 2 N–H and O–H groups in total. The molecule has 0 aliphatic carbocycles. The first kappa shape index (κ1) is 25.0. The third-order valence-corrected chi connectivity index (χ3v) is 6.32. The SMILES string of the molecule is CNC(=O)ON=C(SC)C(=O)N(C)C.COP(=O)(NC(C)=O)SC. The lowest BCUT2D eigenvalue weighted by Crippen LogP contribution is -2.28. The van der Waals surface area contributed by atoms with Crippen LogP contribution >= 0.6 is 29.9 Å². The molecule has 3 amide bonds. The minimum atomic E-state index is -2.92. The van der Waals surface area contributed by atoms with E-state index < -0.39 is 12.8 Å². The van der Waals surface area contributed by atoms with E-state index in [2.05, 4.69) is 24.9 Å². The molecule has 0 saturated heterocycles. The van der Waals surface area contributed by atoms with Gasteiger partial charge in [0.25, 0.3) is 5.91 Å². The van der Waals surface area contributed by atoms with Crippen LogP contribution in [0.5, 0.6) is 0 Å². The summed E-state index contributed by atoms with van der Waals surface area (Å²) in [6, 6.07) is 0. The van der Waals surface area contributed by atoms with Crippen molar-refractivity contribution in [3.05, 3.63) is 0 Å². The monoisotopic (exact) mass is 402 g/mol. The third-order valence-electron chi connectivity index (χ3n) is 1.97. The van der Waals surface area contributed by atoms with Crippen molar-refractivity contribution >= 4 is 52.8 Å². The molecule has 0 heterocycles. The second kappa shape index (κ2) is 13.1. The van der Waals surface area contributed by atoms with Gasteiger partial charge in [-0.15, -0.1) is 11.8 Å². The highest BCUT2D eigenvalue weighted by Gasteiger charge is 2.20. The zero-order valence-corrected chi connectivity index (χ0v) is 17.1. The maximum atomic E-state index is 11.3. The average molecular weight is 402 g/mol. The Morgan fingerprint density at radius 3 is 2.00 bits per heavy atom. The van der Waals surface area contributed by atoms with Gasteiger partial charge in [0.15, 0.2) is 0 Å². The molecule has 13 heteroatoms. The molecule has 0 aromatic carbocycles. The van der Waals surface area contributed by atoms with E-state index in [0.29, 0.717) is 0 Å². The Labute approximate surface area is 149 Å². The highest BCUT2D eigenvalue weighted by Crippen LogP contribution is 2.53. The van der Waals surface area contributed by atoms with Crippen molar-refractivity contribution < 1.29 is 28.3 Å². The van der Waals surface area contributed by atoms with Gasteiger partial charge in [0.05, 0.1) is 0 Å². The average Bonchev–Trinajstić information content (AvgIpc) is 2.54. The summed E-state index contributed by atoms with van der Waals surface area (Å²) in [6.07, 6.45) is 2.58. The zero-order chi connectivity index (χ0) is 19.3. The van der Waals surface area contributed by atoms with E-state index in [0.717, 1.165) is 23.1 Å². The number of hydrogen-bond acceptors (Lipinski definition) is 9. The van der Waals surface area contributed by atoms with Crippen molar-refractivity contribution in [2.24, 2.45) is 5.16 Å². The highest BCUT2D eigenvalue weighted by atomic mass is 32.7. The number of nitrogens with zero attached hydrogens (tertiary/aromatic N) is 2. The molecule has 0 aliphatic rings. The van der Waals surface area contributed by atoms with E-state index in [-0.39, 0.29) is 16.9 Å². The van der Waals surface area contributed by atoms with E-state index >= 15 is 0 Å². The van der Waals surface area contributed by atoms with Gasteiger partial charge in [0.2, 0.25) is 11.0 Å². The van der Waals surface area contributed by atoms with Gasteiger partial charge >= 0.3 is 12.8 Å². The lowest BCUT2D eigenvalue weighted by molar-refractivity contribution is -0.121. The van der Waals surface area contributed by atoms with Crippen LogP contribution in [0.1, 0.15) is 6.92 Å². The Balaban J connectivity index is 0. The Morgan fingerprint density at radius 2 is 1.75 bits per heavy atom. The number of rotatable bonds is 4. The van der Waals surface area contributed by atoms with E-state index in [1.165, 1.54) is 26.0 Å². The molecule has 0 spiro atoms. The molecule has 0 bridgehead atoms. The Kier molecular flexibility index (Phi) is 13.7. The normalized spacial score (nSPS) is 12.9. The molecule has 24 heavy (non-hydrogen) atoms.